The van der Waals surface area contributed by atoms with Crippen molar-refractivity contribution >= 4 is 17.6 Å². The highest BCUT2D eigenvalue weighted by atomic mass is 16.2. The zero-order chi connectivity index (χ0) is 14.6. The van der Waals surface area contributed by atoms with E-state index in [1.54, 1.807) is 26.8 Å². The van der Waals surface area contributed by atoms with Crippen molar-refractivity contribution in [3.63, 3.8) is 0 Å². The number of primary amides is 1. The van der Waals surface area contributed by atoms with Crippen LogP contribution in [0.2, 0.25) is 0 Å². The lowest BCUT2D eigenvalue weighted by Gasteiger charge is -2.20. The number of hydrogen-bond acceptors (Lipinski definition) is 5. The Morgan fingerprint density at radius 1 is 1.37 bits per heavy atom. The fourth-order valence-corrected chi connectivity index (χ4v) is 1.36. The second-order valence-electron chi connectivity index (χ2n) is 4.96. The number of aromatic nitrogens is 1. The predicted octanol–water partition coefficient (Wildman–Crippen LogP) is -0.0831. The third kappa shape index (κ3) is 3.92. The summed E-state index contributed by atoms with van der Waals surface area (Å²) in [6, 6.07) is 3.16. The summed E-state index contributed by atoms with van der Waals surface area (Å²) < 4.78 is 0. The largest absolute Gasteiger partial charge is 0.369 e. The Morgan fingerprint density at radius 2 is 2.00 bits per heavy atom. The molecule has 0 spiro atoms. The number of carbonyl (C=O) groups is 2. The first kappa shape index (κ1) is 14.9. The maximum absolute atomic E-state index is 12.0. The van der Waals surface area contributed by atoms with Crippen molar-refractivity contribution in [1.29, 1.82) is 0 Å². The van der Waals surface area contributed by atoms with Gasteiger partial charge in [-0.3, -0.25) is 9.59 Å². The quantitative estimate of drug-likeness (QED) is 0.438. The van der Waals surface area contributed by atoms with Crippen LogP contribution in [-0.4, -0.2) is 23.3 Å². The average Bonchev–Trinajstić information content (AvgIpc) is 2.34. The normalized spacial score (nSPS) is 10.9. The molecule has 19 heavy (non-hydrogen) atoms. The number of carbonyl (C=O) groups excluding carboxylic acids is 2. The van der Waals surface area contributed by atoms with Crippen molar-refractivity contribution in [3.8, 4) is 0 Å². The third-order valence-electron chi connectivity index (χ3n) is 2.72. The lowest BCUT2D eigenvalue weighted by atomic mass is 9.92. The van der Waals surface area contributed by atoms with Gasteiger partial charge in [-0.15, -0.1) is 0 Å². The van der Waals surface area contributed by atoms with Crippen molar-refractivity contribution in [3.05, 3.63) is 23.4 Å². The second kappa shape index (κ2) is 5.66. The van der Waals surface area contributed by atoms with E-state index in [4.69, 9.17) is 11.6 Å². The molecular weight excluding hydrogens is 246 g/mol. The molecule has 0 aliphatic heterocycles. The lowest BCUT2D eigenvalue weighted by Crippen LogP contribution is -2.42. The van der Waals surface area contributed by atoms with Crippen LogP contribution in [0.1, 0.15) is 29.9 Å². The van der Waals surface area contributed by atoms with Crippen molar-refractivity contribution < 1.29 is 9.59 Å². The van der Waals surface area contributed by atoms with Crippen LogP contribution in [0, 0.1) is 12.3 Å². The molecule has 1 rings (SSSR count). The van der Waals surface area contributed by atoms with E-state index in [1.807, 2.05) is 0 Å². The summed E-state index contributed by atoms with van der Waals surface area (Å²) in [5.41, 5.74) is 7.91. The molecule has 0 radical (unpaired) electrons. The summed E-state index contributed by atoms with van der Waals surface area (Å²) in [5, 5.41) is 2.66. The Labute approximate surface area is 111 Å². The van der Waals surface area contributed by atoms with Crippen molar-refractivity contribution in [1.82, 2.24) is 10.3 Å². The Hall–Kier alpha value is -2.15. The van der Waals surface area contributed by atoms with Gasteiger partial charge in [-0.05, 0) is 32.9 Å². The van der Waals surface area contributed by atoms with Gasteiger partial charge in [0.2, 0.25) is 5.91 Å². The van der Waals surface area contributed by atoms with E-state index in [1.165, 1.54) is 6.07 Å². The first-order valence-corrected chi connectivity index (χ1v) is 5.79. The summed E-state index contributed by atoms with van der Waals surface area (Å²) in [6.07, 6.45) is 0. The van der Waals surface area contributed by atoms with Gasteiger partial charge in [0.25, 0.3) is 5.91 Å². The molecule has 7 nitrogen and oxygen atoms in total. The highest BCUT2D eigenvalue weighted by Crippen LogP contribution is 2.13. The Morgan fingerprint density at radius 3 is 2.53 bits per heavy atom. The summed E-state index contributed by atoms with van der Waals surface area (Å²) in [4.78, 5) is 27.2. The van der Waals surface area contributed by atoms with Crippen molar-refractivity contribution in [2.75, 3.05) is 12.0 Å². The minimum atomic E-state index is -0.799. The van der Waals surface area contributed by atoms with Crippen LogP contribution in [0.4, 0.5) is 5.82 Å². The molecule has 0 aromatic carbocycles. The van der Waals surface area contributed by atoms with Crippen molar-refractivity contribution in [2.24, 2.45) is 17.0 Å². The molecule has 0 saturated heterocycles. The Balaban J connectivity index is 2.79. The maximum Gasteiger partial charge on any atom is 0.251 e. The molecule has 0 atom stereocenters. The number of nitrogen functional groups attached to an aromatic ring is 1. The number of nitrogens with two attached hydrogens (primary N) is 2. The monoisotopic (exact) mass is 265 g/mol. The van der Waals surface area contributed by atoms with Gasteiger partial charge in [0.15, 0.2) is 0 Å². The molecule has 1 aromatic heterocycles. The van der Waals surface area contributed by atoms with E-state index in [-0.39, 0.29) is 12.5 Å². The molecule has 0 fully saturated rings. The zero-order valence-electron chi connectivity index (χ0n) is 11.3. The Kier molecular flexibility index (Phi) is 4.44. The molecule has 1 heterocycles. The van der Waals surface area contributed by atoms with E-state index < -0.39 is 11.3 Å². The molecule has 6 N–H and O–H groups in total. The van der Waals surface area contributed by atoms with Gasteiger partial charge < -0.3 is 16.5 Å². The molecule has 1 aromatic rings. The van der Waals surface area contributed by atoms with E-state index >= 15 is 0 Å². The van der Waals surface area contributed by atoms with Gasteiger partial charge >= 0.3 is 0 Å². The number of nitrogens with one attached hydrogen (secondary N) is 2. The number of rotatable bonds is 5. The number of nitrogens with zero attached hydrogens (tertiary/aromatic N) is 1. The molecule has 104 valence electrons. The summed E-state index contributed by atoms with van der Waals surface area (Å²) in [7, 11) is 0. The SMILES string of the molecule is Cc1cc(C(=O)NCC(C)(C)C(N)=O)cc(NN)n1. The standard InChI is InChI=1S/C12H19N5O2/c1-7-4-8(5-9(16-7)17-14)10(18)15-6-12(2,3)11(13)19/h4-5H,6,14H2,1-3H3,(H2,13,19)(H,15,18)(H,16,17). The lowest BCUT2D eigenvalue weighted by molar-refractivity contribution is -0.125. The van der Waals surface area contributed by atoms with Gasteiger partial charge in [-0.2, -0.15) is 0 Å². The van der Waals surface area contributed by atoms with Gasteiger partial charge in [0.05, 0.1) is 5.41 Å². The molecule has 0 aliphatic rings. The molecule has 2 amide bonds. The van der Waals surface area contributed by atoms with E-state index in [2.05, 4.69) is 15.7 Å². The van der Waals surface area contributed by atoms with Crippen LogP contribution in [0.3, 0.4) is 0 Å². The highest BCUT2D eigenvalue weighted by Gasteiger charge is 2.25. The molecule has 0 unspecified atom stereocenters. The minimum absolute atomic E-state index is 0.161. The summed E-state index contributed by atoms with van der Waals surface area (Å²) in [5.74, 6) is 4.89. The molecule has 0 aliphatic carbocycles. The number of amides is 2. The van der Waals surface area contributed by atoms with Crippen LogP contribution in [0.5, 0.6) is 0 Å². The fraction of sp³-hybridized carbons (Fsp3) is 0.417. The molecular formula is C12H19N5O2. The minimum Gasteiger partial charge on any atom is -0.369 e. The van der Waals surface area contributed by atoms with E-state index in [0.29, 0.717) is 17.1 Å². The molecule has 0 bridgehead atoms. The van der Waals surface area contributed by atoms with Crippen LogP contribution in [-0.2, 0) is 4.79 Å². The maximum atomic E-state index is 12.0. The number of aryl methyl sites for hydroxylation is 1. The number of anilines is 1. The number of hydrazine groups is 1. The predicted molar refractivity (Wildman–Crippen MR) is 72.1 cm³/mol. The highest BCUT2D eigenvalue weighted by molar-refractivity contribution is 5.95. The van der Waals surface area contributed by atoms with E-state index in [0.717, 1.165) is 0 Å². The van der Waals surface area contributed by atoms with Crippen molar-refractivity contribution in [2.45, 2.75) is 20.8 Å². The van der Waals surface area contributed by atoms with Crippen LogP contribution < -0.4 is 22.3 Å². The van der Waals surface area contributed by atoms with Gasteiger partial charge in [-0.25, -0.2) is 10.8 Å². The van der Waals surface area contributed by atoms with Crippen LogP contribution in [0.25, 0.3) is 0 Å². The van der Waals surface area contributed by atoms with Crippen LogP contribution >= 0.6 is 0 Å². The number of hydrogen-bond donors (Lipinski definition) is 4. The van der Waals surface area contributed by atoms with Gasteiger partial charge in [0, 0.05) is 17.8 Å². The Bertz CT molecular complexity index is 499. The summed E-state index contributed by atoms with van der Waals surface area (Å²) in [6.45, 7) is 5.25. The van der Waals surface area contributed by atoms with Crippen LogP contribution in [0.15, 0.2) is 12.1 Å². The van der Waals surface area contributed by atoms with Gasteiger partial charge in [0.1, 0.15) is 5.82 Å². The smallest absolute Gasteiger partial charge is 0.251 e. The molecule has 7 heteroatoms. The summed E-state index contributed by atoms with van der Waals surface area (Å²) >= 11 is 0. The van der Waals surface area contributed by atoms with Gasteiger partial charge in [-0.1, -0.05) is 0 Å². The number of pyridine rings is 1. The zero-order valence-corrected chi connectivity index (χ0v) is 11.3. The average molecular weight is 265 g/mol. The first-order chi connectivity index (χ1) is 8.76. The fourth-order valence-electron chi connectivity index (χ4n) is 1.36. The molecule has 0 saturated carbocycles. The first-order valence-electron chi connectivity index (χ1n) is 5.79. The third-order valence-corrected chi connectivity index (χ3v) is 2.72. The second-order valence-corrected chi connectivity index (χ2v) is 4.96. The van der Waals surface area contributed by atoms with E-state index in [9.17, 15) is 9.59 Å². The topological polar surface area (TPSA) is 123 Å².